The Morgan fingerprint density at radius 1 is 1.11 bits per heavy atom. The third kappa shape index (κ3) is 7.31. The molecule has 1 unspecified atom stereocenters. The maximum atomic E-state index is 10.9. The fraction of sp³-hybridized carbons (Fsp3) is 0.688. The van der Waals surface area contributed by atoms with Gasteiger partial charge in [0.15, 0.2) is 0 Å². The van der Waals surface area contributed by atoms with Crippen LogP contribution in [0.2, 0.25) is 0 Å². The van der Waals surface area contributed by atoms with Crippen molar-refractivity contribution in [3.8, 4) is 0 Å². The molecule has 1 aliphatic heterocycles. The van der Waals surface area contributed by atoms with Gasteiger partial charge in [0, 0.05) is 6.42 Å². The topological polar surface area (TPSA) is 26.3 Å². The number of cyclic esters (lactones) is 1. The Labute approximate surface area is 111 Å². The van der Waals surface area contributed by atoms with E-state index in [1.165, 1.54) is 32.1 Å². The summed E-state index contributed by atoms with van der Waals surface area (Å²) in [5.74, 6) is -0.0245. The van der Waals surface area contributed by atoms with Gasteiger partial charge in [0.1, 0.15) is 6.10 Å². The Bertz CT molecular complexity index is 268. The number of rotatable bonds is 10. The first-order valence-corrected chi connectivity index (χ1v) is 7.28. The highest BCUT2D eigenvalue weighted by molar-refractivity contribution is 5.71. The average molecular weight is 250 g/mol. The molecule has 0 spiro atoms. The van der Waals surface area contributed by atoms with E-state index in [0.29, 0.717) is 6.42 Å². The summed E-state index contributed by atoms with van der Waals surface area (Å²) in [6.07, 6.45) is 17.7. The Morgan fingerprint density at radius 2 is 1.83 bits per heavy atom. The molecule has 1 aliphatic rings. The Morgan fingerprint density at radius 3 is 2.50 bits per heavy atom. The molecule has 102 valence electrons. The van der Waals surface area contributed by atoms with Gasteiger partial charge in [-0.3, -0.25) is 4.79 Å². The van der Waals surface area contributed by atoms with Crippen LogP contribution < -0.4 is 0 Å². The van der Waals surface area contributed by atoms with Crippen LogP contribution in [-0.4, -0.2) is 12.1 Å². The lowest BCUT2D eigenvalue weighted by molar-refractivity contribution is -0.141. The summed E-state index contributed by atoms with van der Waals surface area (Å²) in [6, 6.07) is 0. The molecule has 0 saturated carbocycles. The SMILES string of the molecule is C=CCCCCCCC=CCCC1CCC(=O)O1. The molecular weight excluding hydrogens is 224 g/mol. The quantitative estimate of drug-likeness (QED) is 0.323. The summed E-state index contributed by atoms with van der Waals surface area (Å²) in [5.41, 5.74) is 0. The van der Waals surface area contributed by atoms with E-state index in [1.807, 2.05) is 6.08 Å². The molecule has 0 aromatic carbocycles. The lowest BCUT2D eigenvalue weighted by atomic mass is 10.1. The molecule has 18 heavy (non-hydrogen) atoms. The highest BCUT2D eigenvalue weighted by Gasteiger charge is 2.21. The van der Waals surface area contributed by atoms with Gasteiger partial charge in [0.25, 0.3) is 0 Å². The van der Waals surface area contributed by atoms with Crippen LogP contribution >= 0.6 is 0 Å². The molecule has 1 heterocycles. The second-order valence-corrected chi connectivity index (χ2v) is 4.98. The molecule has 1 rings (SSSR count). The van der Waals surface area contributed by atoms with E-state index in [0.717, 1.165) is 25.7 Å². The van der Waals surface area contributed by atoms with E-state index >= 15 is 0 Å². The Kier molecular flexibility index (Phi) is 8.28. The minimum Gasteiger partial charge on any atom is -0.462 e. The molecule has 0 bridgehead atoms. The zero-order valence-corrected chi connectivity index (χ0v) is 11.4. The number of unbranched alkanes of at least 4 members (excludes halogenated alkanes) is 5. The molecule has 1 saturated heterocycles. The minimum absolute atomic E-state index is 0.0245. The predicted octanol–water partition coefficient (Wildman–Crippen LogP) is 4.56. The number of esters is 1. The summed E-state index contributed by atoms with van der Waals surface area (Å²) >= 11 is 0. The lowest BCUT2D eigenvalue weighted by Crippen LogP contribution is -2.05. The normalized spacial score (nSPS) is 19.3. The predicted molar refractivity (Wildman–Crippen MR) is 75.4 cm³/mol. The van der Waals surface area contributed by atoms with Crippen LogP contribution in [0.5, 0.6) is 0 Å². The van der Waals surface area contributed by atoms with Crippen LogP contribution in [0.25, 0.3) is 0 Å². The number of carbonyl (C=O) groups is 1. The largest absolute Gasteiger partial charge is 0.462 e. The Balaban J connectivity index is 1.85. The van der Waals surface area contributed by atoms with E-state index in [-0.39, 0.29) is 12.1 Å². The number of hydrogen-bond acceptors (Lipinski definition) is 2. The molecule has 0 N–H and O–H groups in total. The zero-order valence-electron chi connectivity index (χ0n) is 11.4. The van der Waals surface area contributed by atoms with Gasteiger partial charge < -0.3 is 4.74 Å². The van der Waals surface area contributed by atoms with Crippen molar-refractivity contribution in [2.24, 2.45) is 0 Å². The van der Waals surface area contributed by atoms with Crippen molar-refractivity contribution < 1.29 is 9.53 Å². The summed E-state index contributed by atoms with van der Waals surface area (Å²) in [6.45, 7) is 3.72. The van der Waals surface area contributed by atoms with Crippen LogP contribution in [0.1, 0.15) is 64.2 Å². The van der Waals surface area contributed by atoms with Gasteiger partial charge in [0.2, 0.25) is 0 Å². The van der Waals surface area contributed by atoms with Crippen molar-refractivity contribution in [1.29, 1.82) is 0 Å². The van der Waals surface area contributed by atoms with E-state index in [1.54, 1.807) is 0 Å². The summed E-state index contributed by atoms with van der Waals surface area (Å²) < 4.78 is 5.16. The summed E-state index contributed by atoms with van der Waals surface area (Å²) in [4.78, 5) is 10.9. The van der Waals surface area contributed by atoms with Crippen LogP contribution in [0.4, 0.5) is 0 Å². The molecule has 1 atom stereocenters. The van der Waals surface area contributed by atoms with Gasteiger partial charge in [-0.1, -0.05) is 31.1 Å². The van der Waals surface area contributed by atoms with Crippen molar-refractivity contribution in [2.45, 2.75) is 70.3 Å². The molecule has 2 heteroatoms. The van der Waals surface area contributed by atoms with Gasteiger partial charge in [0.05, 0.1) is 0 Å². The molecule has 0 aromatic rings. The molecular formula is C16H26O2. The summed E-state index contributed by atoms with van der Waals surface area (Å²) in [7, 11) is 0. The van der Waals surface area contributed by atoms with Crippen molar-refractivity contribution in [3.05, 3.63) is 24.8 Å². The maximum absolute atomic E-state index is 10.9. The zero-order chi connectivity index (χ0) is 13.1. The van der Waals surface area contributed by atoms with Crippen LogP contribution in [-0.2, 0) is 9.53 Å². The molecule has 1 fully saturated rings. The van der Waals surface area contributed by atoms with Crippen LogP contribution in [0.3, 0.4) is 0 Å². The van der Waals surface area contributed by atoms with Gasteiger partial charge in [-0.15, -0.1) is 6.58 Å². The fourth-order valence-electron chi connectivity index (χ4n) is 2.21. The minimum atomic E-state index is -0.0245. The van der Waals surface area contributed by atoms with Crippen LogP contribution in [0, 0.1) is 0 Å². The second-order valence-electron chi connectivity index (χ2n) is 4.98. The van der Waals surface area contributed by atoms with E-state index < -0.39 is 0 Å². The molecule has 2 nitrogen and oxygen atoms in total. The highest BCUT2D eigenvalue weighted by atomic mass is 16.5. The van der Waals surface area contributed by atoms with Gasteiger partial charge in [-0.25, -0.2) is 0 Å². The highest BCUT2D eigenvalue weighted by Crippen LogP contribution is 2.18. The smallest absolute Gasteiger partial charge is 0.306 e. The number of carbonyl (C=O) groups excluding carboxylic acids is 1. The van der Waals surface area contributed by atoms with E-state index in [2.05, 4.69) is 18.7 Å². The van der Waals surface area contributed by atoms with Crippen molar-refractivity contribution in [2.75, 3.05) is 0 Å². The molecule has 0 aromatic heterocycles. The molecule has 0 amide bonds. The Hall–Kier alpha value is -1.05. The number of allylic oxidation sites excluding steroid dienone is 3. The van der Waals surface area contributed by atoms with E-state index in [4.69, 9.17) is 4.74 Å². The number of ether oxygens (including phenoxy) is 1. The third-order valence-electron chi connectivity index (χ3n) is 3.32. The number of hydrogen-bond donors (Lipinski definition) is 0. The van der Waals surface area contributed by atoms with Crippen LogP contribution in [0.15, 0.2) is 24.8 Å². The van der Waals surface area contributed by atoms with Gasteiger partial charge >= 0.3 is 5.97 Å². The fourth-order valence-corrected chi connectivity index (χ4v) is 2.21. The van der Waals surface area contributed by atoms with Crippen molar-refractivity contribution in [1.82, 2.24) is 0 Å². The van der Waals surface area contributed by atoms with Crippen molar-refractivity contribution in [3.63, 3.8) is 0 Å². The van der Waals surface area contributed by atoms with Gasteiger partial charge in [-0.2, -0.15) is 0 Å². The average Bonchev–Trinajstić information content (AvgIpc) is 2.77. The maximum Gasteiger partial charge on any atom is 0.306 e. The van der Waals surface area contributed by atoms with Crippen molar-refractivity contribution >= 4 is 5.97 Å². The van der Waals surface area contributed by atoms with E-state index in [9.17, 15) is 4.79 Å². The third-order valence-corrected chi connectivity index (χ3v) is 3.32. The first kappa shape index (κ1) is 15.0. The second kappa shape index (κ2) is 9.93. The standard InChI is InChI=1S/C16H26O2/c1-2-3-4-5-6-7-8-9-10-11-12-15-13-14-16(17)18-15/h2,9-10,15H,1,3-8,11-14H2. The molecule has 0 aliphatic carbocycles. The first-order chi connectivity index (χ1) is 8.83. The molecule has 0 radical (unpaired) electrons. The monoisotopic (exact) mass is 250 g/mol. The first-order valence-electron chi connectivity index (χ1n) is 7.28. The van der Waals surface area contributed by atoms with Gasteiger partial charge in [-0.05, 0) is 44.9 Å². The summed E-state index contributed by atoms with van der Waals surface area (Å²) in [5, 5.41) is 0. The lowest BCUT2D eigenvalue weighted by Gasteiger charge is -2.05.